The zero-order valence-corrected chi connectivity index (χ0v) is 13.1. The van der Waals surface area contributed by atoms with Crippen molar-refractivity contribution in [3.63, 3.8) is 0 Å². The molecule has 1 atom stereocenters. The molecule has 1 amide bonds. The molecule has 6 nitrogen and oxygen atoms in total. The molecule has 2 rings (SSSR count). The summed E-state index contributed by atoms with van der Waals surface area (Å²) in [6.45, 7) is 3.89. The quantitative estimate of drug-likeness (QED) is 0.800. The van der Waals surface area contributed by atoms with Crippen LogP contribution >= 0.6 is 0 Å². The van der Waals surface area contributed by atoms with Gasteiger partial charge in [-0.2, -0.15) is 0 Å². The maximum Gasteiger partial charge on any atom is 0.417 e. The zero-order chi connectivity index (χ0) is 16.2. The third kappa shape index (κ3) is 3.22. The third-order valence-corrected chi connectivity index (χ3v) is 3.50. The van der Waals surface area contributed by atoms with E-state index < -0.39 is 17.8 Å². The highest BCUT2D eigenvalue weighted by Crippen LogP contribution is 2.32. The van der Waals surface area contributed by atoms with Gasteiger partial charge in [0.15, 0.2) is 0 Å². The number of rotatable bonds is 4. The topological polar surface area (TPSA) is 65.1 Å². The first-order valence-electron chi connectivity index (χ1n) is 7.30. The van der Waals surface area contributed by atoms with Crippen LogP contribution in [0, 0.1) is 0 Å². The van der Waals surface area contributed by atoms with E-state index in [1.165, 1.54) is 12.0 Å². The van der Waals surface area contributed by atoms with E-state index in [2.05, 4.69) is 0 Å². The van der Waals surface area contributed by atoms with Crippen LogP contribution < -0.4 is 4.74 Å². The summed E-state index contributed by atoms with van der Waals surface area (Å²) >= 11 is 0. The van der Waals surface area contributed by atoms with Crippen molar-refractivity contribution in [2.75, 3.05) is 13.7 Å². The number of hydrogen-bond acceptors (Lipinski definition) is 5. The SMILES string of the molecule is CO[C@@]1(C(=O)OC(C)C)CCCN1C(=O)Oc1ccccc1. The fourth-order valence-electron chi connectivity index (χ4n) is 2.49. The summed E-state index contributed by atoms with van der Waals surface area (Å²) in [4.78, 5) is 26.1. The number of methoxy groups -OCH3 is 1. The van der Waals surface area contributed by atoms with Gasteiger partial charge in [-0.25, -0.2) is 9.59 Å². The molecule has 1 aromatic carbocycles. The Morgan fingerprint density at radius 1 is 1.23 bits per heavy atom. The highest BCUT2D eigenvalue weighted by molar-refractivity contribution is 5.85. The Hall–Kier alpha value is -2.08. The average Bonchev–Trinajstić information content (AvgIpc) is 2.93. The molecule has 0 saturated carbocycles. The van der Waals surface area contributed by atoms with Gasteiger partial charge < -0.3 is 14.2 Å². The molecule has 0 radical (unpaired) electrons. The molecule has 0 spiro atoms. The number of likely N-dealkylation sites (tertiary alicyclic amines) is 1. The smallest absolute Gasteiger partial charge is 0.417 e. The second-order valence-corrected chi connectivity index (χ2v) is 5.38. The second kappa shape index (κ2) is 6.79. The highest BCUT2D eigenvalue weighted by atomic mass is 16.6. The van der Waals surface area contributed by atoms with E-state index in [0.29, 0.717) is 25.1 Å². The highest BCUT2D eigenvalue weighted by Gasteiger charge is 2.53. The lowest BCUT2D eigenvalue weighted by atomic mass is 10.1. The van der Waals surface area contributed by atoms with Gasteiger partial charge in [0.25, 0.3) is 0 Å². The summed E-state index contributed by atoms with van der Waals surface area (Å²) in [5, 5.41) is 0. The van der Waals surface area contributed by atoms with Gasteiger partial charge in [0.1, 0.15) is 5.75 Å². The minimum absolute atomic E-state index is 0.285. The van der Waals surface area contributed by atoms with Crippen LogP contribution in [0.1, 0.15) is 26.7 Å². The molecular weight excluding hydrogens is 286 g/mol. The molecule has 1 aromatic rings. The van der Waals surface area contributed by atoms with Crippen LogP contribution in [0.25, 0.3) is 0 Å². The lowest BCUT2D eigenvalue weighted by Gasteiger charge is -2.34. The molecule has 1 aliphatic rings. The monoisotopic (exact) mass is 307 g/mol. The lowest BCUT2D eigenvalue weighted by molar-refractivity contribution is -0.189. The molecule has 120 valence electrons. The minimum atomic E-state index is -1.41. The Labute approximate surface area is 129 Å². The van der Waals surface area contributed by atoms with E-state index in [4.69, 9.17) is 14.2 Å². The van der Waals surface area contributed by atoms with Crippen molar-refractivity contribution in [3.8, 4) is 5.75 Å². The predicted octanol–water partition coefficient (Wildman–Crippen LogP) is 2.58. The molecule has 0 bridgehead atoms. The third-order valence-electron chi connectivity index (χ3n) is 3.50. The summed E-state index contributed by atoms with van der Waals surface area (Å²) in [7, 11) is 1.40. The molecule has 6 heteroatoms. The molecule has 1 fully saturated rings. The van der Waals surface area contributed by atoms with Gasteiger partial charge in [-0.05, 0) is 32.4 Å². The predicted molar refractivity (Wildman–Crippen MR) is 79.4 cm³/mol. The van der Waals surface area contributed by atoms with Crippen molar-refractivity contribution in [2.24, 2.45) is 0 Å². The molecular formula is C16H21NO5. The number of ether oxygens (including phenoxy) is 3. The number of amides is 1. The van der Waals surface area contributed by atoms with E-state index in [1.807, 2.05) is 6.07 Å². The van der Waals surface area contributed by atoms with E-state index in [9.17, 15) is 9.59 Å². The van der Waals surface area contributed by atoms with Gasteiger partial charge in [0, 0.05) is 20.1 Å². The second-order valence-electron chi connectivity index (χ2n) is 5.38. The molecule has 0 unspecified atom stereocenters. The number of hydrogen-bond donors (Lipinski definition) is 0. The van der Waals surface area contributed by atoms with Crippen molar-refractivity contribution in [2.45, 2.75) is 38.5 Å². The van der Waals surface area contributed by atoms with Crippen LogP contribution in [0.15, 0.2) is 30.3 Å². The van der Waals surface area contributed by atoms with Gasteiger partial charge in [-0.1, -0.05) is 18.2 Å². The van der Waals surface area contributed by atoms with Gasteiger partial charge in [0.2, 0.25) is 5.72 Å². The van der Waals surface area contributed by atoms with E-state index in [-0.39, 0.29) is 6.10 Å². The standard InChI is InChI=1S/C16H21NO5/c1-12(2)21-14(18)16(20-3)10-7-11-17(16)15(19)22-13-8-5-4-6-9-13/h4-6,8-9,12H,7,10-11H2,1-3H3/t16-/m1/s1. The Bertz CT molecular complexity index is 531. The van der Waals surface area contributed by atoms with Crippen molar-refractivity contribution in [1.29, 1.82) is 0 Å². The first kappa shape index (κ1) is 16.3. The normalized spacial score (nSPS) is 21.0. The molecule has 1 aliphatic heterocycles. The van der Waals surface area contributed by atoms with Crippen LogP contribution in [-0.4, -0.2) is 42.4 Å². The summed E-state index contributed by atoms with van der Waals surface area (Å²) in [6, 6.07) is 8.71. The summed E-state index contributed by atoms with van der Waals surface area (Å²) < 4.78 is 15.9. The van der Waals surface area contributed by atoms with Crippen LogP contribution in [0.2, 0.25) is 0 Å². The molecule has 22 heavy (non-hydrogen) atoms. The number of carbonyl (C=O) groups excluding carboxylic acids is 2. The summed E-state index contributed by atoms with van der Waals surface area (Å²) in [5.41, 5.74) is -1.41. The van der Waals surface area contributed by atoms with Gasteiger partial charge in [-0.15, -0.1) is 0 Å². The Morgan fingerprint density at radius 3 is 2.50 bits per heavy atom. The van der Waals surface area contributed by atoms with Gasteiger partial charge in [0.05, 0.1) is 6.10 Å². The van der Waals surface area contributed by atoms with E-state index in [0.717, 1.165) is 0 Å². The molecule has 0 aliphatic carbocycles. The molecule has 1 saturated heterocycles. The summed E-state index contributed by atoms with van der Waals surface area (Å²) in [6.07, 6.45) is 0.127. The van der Waals surface area contributed by atoms with Crippen molar-refractivity contribution >= 4 is 12.1 Å². The first-order chi connectivity index (χ1) is 10.5. The van der Waals surface area contributed by atoms with Gasteiger partial charge >= 0.3 is 12.1 Å². The molecule has 0 aromatic heterocycles. The zero-order valence-electron chi connectivity index (χ0n) is 13.1. The average molecular weight is 307 g/mol. The fourth-order valence-corrected chi connectivity index (χ4v) is 2.49. The number of esters is 1. The van der Waals surface area contributed by atoms with Crippen LogP contribution in [-0.2, 0) is 14.3 Å². The number of para-hydroxylation sites is 1. The maximum atomic E-state index is 12.4. The van der Waals surface area contributed by atoms with Crippen LogP contribution in [0.5, 0.6) is 5.75 Å². The minimum Gasteiger partial charge on any atom is -0.459 e. The molecule has 0 N–H and O–H groups in total. The van der Waals surface area contributed by atoms with E-state index >= 15 is 0 Å². The lowest BCUT2D eigenvalue weighted by Crippen LogP contribution is -2.56. The number of benzene rings is 1. The Morgan fingerprint density at radius 2 is 1.91 bits per heavy atom. The van der Waals surface area contributed by atoms with Gasteiger partial charge in [-0.3, -0.25) is 4.90 Å². The van der Waals surface area contributed by atoms with Crippen LogP contribution in [0.4, 0.5) is 4.79 Å². The maximum absolute atomic E-state index is 12.4. The fraction of sp³-hybridized carbons (Fsp3) is 0.500. The molecule has 1 heterocycles. The van der Waals surface area contributed by atoms with Crippen molar-refractivity contribution in [3.05, 3.63) is 30.3 Å². The van der Waals surface area contributed by atoms with Crippen molar-refractivity contribution in [1.82, 2.24) is 4.90 Å². The Balaban J connectivity index is 2.17. The number of carbonyl (C=O) groups is 2. The Kier molecular flexibility index (Phi) is 5.03. The van der Waals surface area contributed by atoms with Crippen molar-refractivity contribution < 1.29 is 23.8 Å². The van der Waals surface area contributed by atoms with E-state index in [1.54, 1.807) is 38.1 Å². The number of nitrogens with zero attached hydrogens (tertiary/aromatic N) is 1. The summed E-state index contributed by atoms with van der Waals surface area (Å²) in [5.74, 6) is -0.144. The van der Waals surface area contributed by atoms with Crippen LogP contribution in [0.3, 0.4) is 0 Å². The largest absolute Gasteiger partial charge is 0.459 e. The first-order valence-corrected chi connectivity index (χ1v) is 7.30.